The predicted octanol–water partition coefficient (Wildman–Crippen LogP) is 3.81. The Hall–Kier alpha value is -2.52. The van der Waals surface area contributed by atoms with Crippen molar-refractivity contribution in [1.82, 2.24) is 9.29 Å². The lowest BCUT2D eigenvalue weighted by Gasteiger charge is -2.32. The van der Waals surface area contributed by atoms with Crippen molar-refractivity contribution in [1.29, 1.82) is 0 Å². The van der Waals surface area contributed by atoms with Gasteiger partial charge in [-0.2, -0.15) is 0 Å². The summed E-state index contributed by atoms with van der Waals surface area (Å²) in [6.07, 6.45) is 4.28. The average Bonchev–Trinajstić information content (AvgIpc) is 2.75. The molecule has 0 bridgehead atoms. The van der Waals surface area contributed by atoms with Crippen LogP contribution in [0.5, 0.6) is 5.75 Å². The van der Waals surface area contributed by atoms with Crippen molar-refractivity contribution in [2.75, 3.05) is 18.8 Å². The van der Waals surface area contributed by atoms with E-state index in [1.165, 1.54) is 16.4 Å². The zero-order valence-corrected chi connectivity index (χ0v) is 19.1. The summed E-state index contributed by atoms with van der Waals surface area (Å²) in [5, 5.41) is 9.40. The maximum atomic E-state index is 13.8. The van der Waals surface area contributed by atoms with Crippen LogP contribution >= 0.6 is 0 Å². The third kappa shape index (κ3) is 6.26. The lowest BCUT2D eigenvalue weighted by Crippen LogP contribution is -2.44. The molecule has 2 aromatic rings. The molecule has 0 spiro atoms. The molecule has 174 valence electrons. The first-order valence-corrected chi connectivity index (χ1v) is 12.3. The van der Waals surface area contributed by atoms with Gasteiger partial charge in [-0.3, -0.25) is 9.78 Å². The van der Waals surface area contributed by atoms with E-state index in [1.807, 2.05) is 19.9 Å². The highest BCUT2D eigenvalue weighted by atomic mass is 32.2. The molecule has 7 nitrogen and oxygen atoms in total. The largest absolute Gasteiger partial charge is 0.490 e. The lowest BCUT2D eigenvalue weighted by atomic mass is 9.99. The van der Waals surface area contributed by atoms with Gasteiger partial charge in [-0.1, -0.05) is 19.9 Å². The van der Waals surface area contributed by atoms with E-state index in [2.05, 4.69) is 4.98 Å². The standard InChI is InChI=1S/C23H29FN2O5S/c1-16(2)12-18(23(27)28)15-32(29,30)26-10-7-20(8-11-26)31-22-6-5-19(24)13-21(22)17-4-3-9-25-14-17/h3-6,9,13-14,16,18,20H,7-8,10-12,15H2,1-2H3,(H,27,28)/t18-/m0/s1. The minimum atomic E-state index is -3.69. The van der Waals surface area contributed by atoms with E-state index in [4.69, 9.17) is 4.74 Å². The molecule has 0 radical (unpaired) electrons. The summed E-state index contributed by atoms with van der Waals surface area (Å²) in [6.45, 7) is 4.26. The van der Waals surface area contributed by atoms with Crippen molar-refractivity contribution in [2.45, 2.75) is 39.2 Å². The van der Waals surface area contributed by atoms with E-state index in [0.717, 1.165) is 5.56 Å². The number of hydrogen-bond donors (Lipinski definition) is 1. The number of sulfonamides is 1. The molecule has 1 aromatic carbocycles. The van der Waals surface area contributed by atoms with Crippen molar-refractivity contribution in [3.63, 3.8) is 0 Å². The summed E-state index contributed by atoms with van der Waals surface area (Å²) in [5.74, 6) is -2.17. The second kappa shape index (κ2) is 10.4. The van der Waals surface area contributed by atoms with Crippen LogP contribution in [0.2, 0.25) is 0 Å². The fraction of sp³-hybridized carbons (Fsp3) is 0.478. The predicted molar refractivity (Wildman–Crippen MR) is 119 cm³/mol. The Morgan fingerprint density at radius 3 is 2.59 bits per heavy atom. The Morgan fingerprint density at radius 1 is 1.28 bits per heavy atom. The molecule has 1 saturated heterocycles. The fourth-order valence-electron chi connectivity index (χ4n) is 3.93. The van der Waals surface area contributed by atoms with Crippen molar-refractivity contribution in [3.8, 4) is 16.9 Å². The Bertz CT molecular complexity index is 1020. The third-order valence-electron chi connectivity index (χ3n) is 5.52. The van der Waals surface area contributed by atoms with E-state index in [-0.39, 0.29) is 30.9 Å². The second-order valence-corrected chi connectivity index (χ2v) is 10.6. The average molecular weight is 465 g/mol. The van der Waals surface area contributed by atoms with Gasteiger partial charge in [0.15, 0.2) is 0 Å². The monoisotopic (exact) mass is 464 g/mol. The highest BCUT2D eigenvalue weighted by Crippen LogP contribution is 2.32. The molecule has 0 aliphatic carbocycles. The number of carboxylic acid groups (broad SMARTS) is 1. The first-order chi connectivity index (χ1) is 15.2. The van der Waals surface area contributed by atoms with Crippen LogP contribution < -0.4 is 4.74 Å². The number of carbonyl (C=O) groups is 1. The summed E-state index contributed by atoms with van der Waals surface area (Å²) in [6, 6.07) is 7.88. The van der Waals surface area contributed by atoms with Gasteiger partial charge in [-0.25, -0.2) is 17.1 Å². The number of hydrogen-bond acceptors (Lipinski definition) is 5. The van der Waals surface area contributed by atoms with Gasteiger partial charge >= 0.3 is 5.97 Å². The van der Waals surface area contributed by atoms with Crippen LogP contribution in [0.4, 0.5) is 4.39 Å². The van der Waals surface area contributed by atoms with Crippen LogP contribution in [0.3, 0.4) is 0 Å². The lowest BCUT2D eigenvalue weighted by molar-refractivity contribution is -0.141. The normalized spacial score (nSPS) is 16.8. The number of halogens is 1. The number of nitrogens with zero attached hydrogens (tertiary/aromatic N) is 2. The molecular formula is C23H29FN2O5S. The Kier molecular flexibility index (Phi) is 7.84. The van der Waals surface area contributed by atoms with Crippen LogP contribution in [-0.2, 0) is 14.8 Å². The Morgan fingerprint density at radius 2 is 2.00 bits per heavy atom. The summed E-state index contributed by atoms with van der Waals surface area (Å²) in [4.78, 5) is 15.6. The number of pyridine rings is 1. The van der Waals surface area contributed by atoms with Gasteiger partial charge in [0.05, 0.1) is 11.7 Å². The minimum absolute atomic E-state index is 0.0927. The number of piperidine rings is 1. The Labute approximate surface area is 188 Å². The molecule has 1 aliphatic heterocycles. The van der Waals surface area contributed by atoms with Gasteiger partial charge < -0.3 is 9.84 Å². The van der Waals surface area contributed by atoms with Crippen molar-refractivity contribution < 1.29 is 27.4 Å². The molecule has 1 aliphatic rings. The zero-order chi connectivity index (χ0) is 23.3. The van der Waals surface area contributed by atoms with Crippen LogP contribution in [0.25, 0.3) is 11.1 Å². The molecular weight excluding hydrogens is 435 g/mol. The molecule has 9 heteroatoms. The molecule has 0 amide bonds. The zero-order valence-electron chi connectivity index (χ0n) is 18.3. The Balaban J connectivity index is 1.65. The maximum Gasteiger partial charge on any atom is 0.307 e. The molecule has 3 rings (SSSR count). The van der Waals surface area contributed by atoms with Crippen LogP contribution in [0, 0.1) is 17.7 Å². The van der Waals surface area contributed by atoms with Gasteiger partial charge in [0.25, 0.3) is 0 Å². The smallest absolute Gasteiger partial charge is 0.307 e. The van der Waals surface area contributed by atoms with Crippen LogP contribution in [0.15, 0.2) is 42.7 Å². The van der Waals surface area contributed by atoms with Crippen LogP contribution in [-0.4, -0.2) is 53.7 Å². The molecule has 32 heavy (non-hydrogen) atoms. The summed E-state index contributed by atoms with van der Waals surface area (Å²) in [5.41, 5.74) is 1.32. The minimum Gasteiger partial charge on any atom is -0.490 e. The second-order valence-electron chi connectivity index (χ2n) is 8.54. The number of rotatable bonds is 9. The maximum absolute atomic E-state index is 13.8. The highest BCUT2D eigenvalue weighted by Gasteiger charge is 2.33. The van der Waals surface area contributed by atoms with Crippen molar-refractivity contribution in [3.05, 3.63) is 48.5 Å². The van der Waals surface area contributed by atoms with E-state index in [9.17, 15) is 22.7 Å². The first kappa shape index (κ1) is 24.1. The topological polar surface area (TPSA) is 96.8 Å². The summed E-state index contributed by atoms with van der Waals surface area (Å²) in [7, 11) is -3.69. The van der Waals surface area contributed by atoms with Gasteiger partial charge in [-0.05, 0) is 49.4 Å². The van der Waals surface area contributed by atoms with Crippen molar-refractivity contribution >= 4 is 16.0 Å². The molecule has 0 saturated carbocycles. The molecule has 0 unspecified atom stereocenters. The third-order valence-corrected chi connectivity index (χ3v) is 7.49. The highest BCUT2D eigenvalue weighted by molar-refractivity contribution is 7.89. The molecule has 1 atom stereocenters. The molecule has 2 heterocycles. The van der Waals surface area contributed by atoms with Gasteiger partial charge in [0.1, 0.15) is 17.7 Å². The molecule has 1 fully saturated rings. The fourth-order valence-corrected chi connectivity index (χ4v) is 5.69. The number of benzene rings is 1. The van der Waals surface area contributed by atoms with Gasteiger partial charge in [0, 0.05) is 36.6 Å². The van der Waals surface area contributed by atoms with Gasteiger partial charge in [0.2, 0.25) is 10.0 Å². The van der Waals surface area contributed by atoms with E-state index in [1.54, 1.807) is 24.5 Å². The quantitative estimate of drug-likeness (QED) is 0.606. The SMILES string of the molecule is CC(C)C[C@@H](CS(=O)(=O)N1CCC(Oc2ccc(F)cc2-c2cccnc2)CC1)C(=O)O. The van der Waals surface area contributed by atoms with Crippen molar-refractivity contribution in [2.24, 2.45) is 11.8 Å². The summed E-state index contributed by atoms with van der Waals surface area (Å²) < 4.78 is 46.9. The van der Waals surface area contributed by atoms with Gasteiger partial charge in [-0.15, -0.1) is 0 Å². The number of aliphatic carboxylic acids is 1. The van der Waals surface area contributed by atoms with E-state index < -0.39 is 27.7 Å². The summed E-state index contributed by atoms with van der Waals surface area (Å²) >= 11 is 0. The van der Waals surface area contributed by atoms with E-state index >= 15 is 0 Å². The number of aromatic nitrogens is 1. The van der Waals surface area contributed by atoms with Crippen LogP contribution in [0.1, 0.15) is 33.1 Å². The number of carboxylic acids is 1. The first-order valence-electron chi connectivity index (χ1n) is 10.7. The molecule has 1 aromatic heterocycles. The molecule has 1 N–H and O–H groups in total. The van der Waals surface area contributed by atoms with E-state index in [0.29, 0.717) is 30.6 Å². The number of ether oxygens (including phenoxy) is 1.